The number of aliphatic hydroxyl groups excluding tert-OH is 2. The fraction of sp³-hybridized carbons (Fsp3) is 0.381. The number of nitrogens with two attached hydrogens (primary N) is 1. The molecule has 0 saturated heterocycles. The normalized spacial score (nSPS) is 34.9. The van der Waals surface area contributed by atoms with Crippen molar-refractivity contribution in [2.24, 2.45) is 23.5 Å². The zero-order valence-corrected chi connectivity index (χ0v) is 17.3. The first-order chi connectivity index (χ1) is 14.3. The number of aromatic hydroxyl groups is 1. The average Bonchev–Trinajstić information content (AvgIpc) is 2.67. The lowest BCUT2D eigenvalue weighted by molar-refractivity contribution is -0.150. The maximum atomic E-state index is 13.3. The molecule has 0 saturated carbocycles. The smallest absolute Gasteiger partial charge is 0.255 e. The minimum atomic E-state index is -2.72. The number of carbonyl (C=O) groups is 3. The van der Waals surface area contributed by atoms with Gasteiger partial charge in [-0.2, -0.15) is 0 Å². The highest BCUT2D eigenvalue weighted by Crippen LogP contribution is 2.58. The number of halogens is 1. The third-order valence-corrected chi connectivity index (χ3v) is 7.21. The van der Waals surface area contributed by atoms with E-state index in [4.69, 9.17) is 17.3 Å². The van der Waals surface area contributed by atoms with Crippen LogP contribution in [0.3, 0.4) is 0 Å². The summed E-state index contributed by atoms with van der Waals surface area (Å²) in [5.74, 6) is -9.07. The molecule has 9 nitrogen and oxygen atoms in total. The second kappa shape index (κ2) is 6.32. The Kier molecular flexibility index (Phi) is 4.35. The maximum absolute atomic E-state index is 13.3. The molecule has 3 aliphatic rings. The highest BCUT2D eigenvalue weighted by molar-refractivity contribution is 6.33. The van der Waals surface area contributed by atoms with Crippen LogP contribution in [0.1, 0.15) is 36.2 Å². The molecule has 5 unspecified atom stereocenters. The van der Waals surface area contributed by atoms with Gasteiger partial charge in [-0.3, -0.25) is 14.4 Å². The predicted molar refractivity (Wildman–Crippen MR) is 106 cm³/mol. The van der Waals surface area contributed by atoms with Crippen LogP contribution in [-0.2, 0) is 15.2 Å². The summed E-state index contributed by atoms with van der Waals surface area (Å²) < 4.78 is 0. The molecule has 1 aromatic carbocycles. The van der Waals surface area contributed by atoms with Crippen molar-refractivity contribution in [2.75, 3.05) is 0 Å². The summed E-state index contributed by atoms with van der Waals surface area (Å²) >= 11 is 6.22. The Morgan fingerprint density at radius 2 is 1.81 bits per heavy atom. The molecule has 1 aromatic rings. The van der Waals surface area contributed by atoms with E-state index in [9.17, 15) is 39.9 Å². The molecule has 7 N–H and O–H groups in total. The molecule has 0 aromatic heterocycles. The van der Waals surface area contributed by atoms with Crippen molar-refractivity contribution >= 4 is 29.1 Å². The molecule has 0 bridgehead atoms. The first kappa shape index (κ1) is 21.4. The van der Waals surface area contributed by atoms with Gasteiger partial charge >= 0.3 is 0 Å². The number of aliphatic hydroxyl groups is 4. The fourth-order valence-corrected chi connectivity index (χ4v) is 5.62. The van der Waals surface area contributed by atoms with E-state index < -0.39 is 74.8 Å². The standard InChI is InChI=1S/C21H20ClNO8/c1-6-7-5-8-11(17(27)21(7,31)18(28)13(15(6)25)19(23)29)16(26)12-10(24)4-3-9(22)14(12)20(8,2)30/h3-4,6-8,24-25,27,30-31H,5H2,1-2H3,(H2,23,29). The summed E-state index contributed by atoms with van der Waals surface area (Å²) in [6.07, 6.45) is -0.219. The van der Waals surface area contributed by atoms with E-state index in [1.54, 1.807) is 0 Å². The van der Waals surface area contributed by atoms with Gasteiger partial charge in [-0.1, -0.05) is 18.5 Å². The second-order valence-electron chi connectivity index (χ2n) is 8.46. The number of hydrogen-bond donors (Lipinski definition) is 6. The molecule has 0 radical (unpaired) electrons. The van der Waals surface area contributed by atoms with Crippen LogP contribution in [0.4, 0.5) is 0 Å². The molecule has 10 heteroatoms. The van der Waals surface area contributed by atoms with Crippen molar-refractivity contribution in [1.82, 2.24) is 0 Å². The summed E-state index contributed by atoms with van der Waals surface area (Å²) in [5.41, 5.74) is -1.14. The van der Waals surface area contributed by atoms with Crippen LogP contribution in [0.2, 0.25) is 5.02 Å². The lowest BCUT2D eigenvalue weighted by Crippen LogP contribution is -2.61. The Morgan fingerprint density at radius 1 is 1.19 bits per heavy atom. The van der Waals surface area contributed by atoms with Gasteiger partial charge in [-0.25, -0.2) is 0 Å². The van der Waals surface area contributed by atoms with Gasteiger partial charge in [0.2, 0.25) is 5.78 Å². The summed E-state index contributed by atoms with van der Waals surface area (Å²) in [6, 6.07) is 2.46. The highest BCUT2D eigenvalue weighted by atomic mass is 35.5. The molecule has 1 amide bonds. The Bertz CT molecular complexity index is 1150. The zero-order valence-electron chi connectivity index (χ0n) is 16.5. The number of ketones is 2. The van der Waals surface area contributed by atoms with Crippen molar-refractivity contribution < 1.29 is 39.9 Å². The van der Waals surface area contributed by atoms with E-state index in [1.165, 1.54) is 19.9 Å². The monoisotopic (exact) mass is 449 g/mol. The van der Waals surface area contributed by atoms with Crippen LogP contribution in [0, 0.1) is 17.8 Å². The van der Waals surface area contributed by atoms with E-state index in [1.807, 2.05) is 0 Å². The Labute approximate surface area is 181 Å². The van der Waals surface area contributed by atoms with Gasteiger partial charge in [0.05, 0.1) is 11.2 Å². The van der Waals surface area contributed by atoms with Gasteiger partial charge in [0, 0.05) is 33.9 Å². The Hall–Kier alpha value is -2.88. The number of Topliss-reactive ketones (excluding diaryl/α,β-unsaturated/α-hetero) is 2. The van der Waals surface area contributed by atoms with Gasteiger partial charge in [-0.05, 0) is 25.5 Å². The maximum Gasteiger partial charge on any atom is 0.255 e. The molecule has 5 atom stereocenters. The van der Waals surface area contributed by atoms with Gasteiger partial charge < -0.3 is 31.3 Å². The van der Waals surface area contributed by atoms with Gasteiger partial charge in [0.1, 0.15) is 22.8 Å². The first-order valence-corrected chi connectivity index (χ1v) is 9.88. The molecular formula is C21H20ClNO8. The minimum Gasteiger partial charge on any atom is -0.511 e. The molecule has 164 valence electrons. The van der Waals surface area contributed by atoms with E-state index in [0.29, 0.717) is 0 Å². The number of primary amides is 1. The number of hydrogen-bond acceptors (Lipinski definition) is 8. The van der Waals surface area contributed by atoms with Crippen LogP contribution < -0.4 is 5.73 Å². The topological polar surface area (TPSA) is 178 Å². The van der Waals surface area contributed by atoms with Crippen molar-refractivity contribution in [2.45, 2.75) is 31.5 Å². The lowest BCUT2D eigenvalue weighted by atomic mass is 9.54. The van der Waals surface area contributed by atoms with Crippen LogP contribution in [0.25, 0.3) is 0 Å². The van der Waals surface area contributed by atoms with E-state index in [0.717, 1.165) is 6.07 Å². The number of rotatable bonds is 1. The van der Waals surface area contributed by atoms with Crippen molar-refractivity contribution in [3.8, 4) is 5.75 Å². The van der Waals surface area contributed by atoms with Crippen molar-refractivity contribution in [1.29, 1.82) is 0 Å². The summed E-state index contributed by atoms with van der Waals surface area (Å²) in [7, 11) is 0. The van der Waals surface area contributed by atoms with Crippen molar-refractivity contribution in [3.05, 3.63) is 50.9 Å². The number of benzene rings is 1. The molecule has 0 aliphatic heterocycles. The largest absolute Gasteiger partial charge is 0.511 e. The van der Waals surface area contributed by atoms with Crippen LogP contribution in [0.15, 0.2) is 34.8 Å². The lowest BCUT2D eigenvalue weighted by Gasteiger charge is -2.51. The Balaban J connectivity index is 2.05. The van der Waals surface area contributed by atoms with Crippen LogP contribution in [-0.4, -0.2) is 48.6 Å². The van der Waals surface area contributed by atoms with E-state index >= 15 is 0 Å². The highest BCUT2D eigenvalue weighted by Gasteiger charge is 2.64. The third-order valence-electron chi connectivity index (χ3n) is 6.89. The zero-order chi connectivity index (χ0) is 23.2. The molecule has 4 rings (SSSR count). The first-order valence-electron chi connectivity index (χ1n) is 9.50. The van der Waals surface area contributed by atoms with Gasteiger partial charge in [-0.15, -0.1) is 0 Å². The number of amides is 1. The molecule has 0 spiro atoms. The number of carbonyl (C=O) groups excluding carboxylic acids is 3. The number of phenolic OH excluding ortho intramolecular Hbond substituents is 1. The summed E-state index contributed by atoms with van der Waals surface area (Å²) in [5, 5.41) is 54.4. The summed E-state index contributed by atoms with van der Waals surface area (Å²) in [4.78, 5) is 38.0. The van der Waals surface area contributed by atoms with Crippen molar-refractivity contribution in [3.63, 3.8) is 0 Å². The minimum absolute atomic E-state index is 0.0112. The second-order valence-corrected chi connectivity index (χ2v) is 8.87. The molecule has 0 heterocycles. The SMILES string of the molecule is CC1C(O)=C(C(N)=O)C(=O)C2(O)C(O)=C3C(=O)c4c(O)ccc(Cl)c4C(C)(O)C3CC12. The van der Waals surface area contributed by atoms with Crippen LogP contribution >= 0.6 is 11.6 Å². The van der Waals surface area contributed by atoms with E-state index in [-0.39, 0.29) is 22.6 Å². The quantitative estimate of drug-likeness (QED) is 0.345. The van der Waals surface area contributed by atoms with E-state index in [2.05, 4.69) is 0 Å². The fourth-order valence-electron chi connectivity index (χ4n) is 5.27. The van der Waals surface area contributed by atoms with Gasteiger partial charge in [0.15, 0.2) is 11.4 Å². The third kappa shape index (κ3) is 2.42. The average molecular weight is 450 g/mol. The Morgan fingerprint density at radius 3 is 2.39 bits per heavy atom. The molecule has 0 fully saturated rings. The number of allylic oxidation sites excluding steroid dienone is 1. The summed E-state index contributed by atoms with van der Waals surface area (Å²) in [6.45, 7) is 2.76. The van der Waals surface area contributed by atoms with Crippen LogP contribution in [0.5, 0.6) is 5.75 Å². The molecule has 31 heavy (non-hydrogen) atoms. The molecular weight excluding hydrogens is 430 g/mol. The van der Waals surface area contributed by atoms with Gasteiger partial charge in [0.25, 0.3) is 5.91 Å². The molecule has 3 aliphatic carbocycles. The predicted octanol–water partition coefficient (Wildman–Crippen LogP) is 1.14. The number of phenols is 1. The number of fused-ring (bicyclic) bond motifs is 3.